The van der Waals surface area contributed by atoms with Crippen LogP contribution in [0.4, 0.5) is 0 Å². The number of hydrogen-bond donors (Lipinski definition) is 0. The van der Waals surface area contributed by atoms with Crippen LogP contribution in [-0.2, 0) is 9.53 Å². The molecular weight excluding hydrogens is 308 g/mol. The lowest BCUT2D eigenvalue weighted by atomic mass is 10.0. The second kappa shape index (κ2) is 14.7. The maximum Gasteiger partial charge on any atom is 0.331 e. The Kier molecular flexibility index (Phi) is 12.7. The summed E-state index contributed by atoms with van der Waals surface area (Å²) in [4.78, 5) is 11.8. The fourth-order valence-corrected chi connectivity index (χ4v) is 2.94. The van der Waals surface area contributed by atoms with Crippen molar-refractivity contribution < 1.29 is 9.53 Å². The van der Waals surface area contributed by atoms with Gasteiger partial charge in [0.25, 0.3) is 0 Å². The predicted molar refractivity (Wildman–Crippen MR) is 107 cm³/mol. The summed E-state index contributed by atoms with van der Waals surface area (Å²) < 4.78 is 5.43. The smallest absolute Gasteiger partial charge is 0.331 e. The molecular formula is C23H36O2. The molecule has 0 amide bonds. The SMILES string of the molecule is CCCCCCCCCCCCC(C)OC(=O)/C=C/c1ccccc1. The highest BCUT2D eigenvalue weighted by Gasteiger charge is 2.06. The van der Waals surface area contributed by atoms with Crippen LogP contribution in [-0.4, -0.2) is 12.1 Å². The fraction of sp³-hybridized carbons (Fsp3) is 0.609. The minimum absolute atomic E-state index is 0.00182. The number of carbonyl (C=O) groups is 1. The van der Waals surface area contributed by atoms with Crippen molar-refractivity contribution in [3.8, 4) is 0 Å². The van der Waals surface area contributed by atoms with Gasteiger partial charge in [0, 0.05) is 6.08 Å². The number of rotatable bonds is 14. The van der Waals surface area contributed by atoms with E-state index in [2.05, 4.69) is 6.92 Å². The largest absolute Gasteiger partial charge is 0.460 e. The Labute approximate surface area is 154 Å². The van der Waals surface area contributed by atoms with E-state index in [1.165, 1.54) is 63.9 Å². The van der Waals surface area contributed by atoms with Gasteiger partial charge in [-0.1, -0.05) is 95.0 Å². The molecule has 1 rings (SSSR count). The van der Waals surface area contributed by atoms with Crippen LogP contribution in [0, 0.1) is 0 Å². The Morgan fingerprint density at radius 2 is 1.48 bits per heavy atom. The average molecular weight is 345 g/mol. The first-order valence-electron chi connectivity index (χ1n) is 10.2. The number of hydrogen-bond acceptors (Lipinski definition) is 2. The lowest BCUT2D eigenvalue weighted by Gasteiger charge is -2.11. The molecule has 0 bridgehead atoms. The van der Waals surface area contributed by atoms with Crippen LogP contribution >= 0.6 is 0 Å². The van der Waals surface area contributed by atoms with E-state index in [9.17, 15) is 4.79 Å². The van der Waals surface area contributed by atoms with Crippen LogP contribution in [0.25, 0.3) is 6.08 Å². The molecule has 0 aliphatic carbocycles. The van der Waals surface area contributed by atoms with Crippen molar-refractivity contribution in [2.75, 3.05) is 0 Å². The highest BCUT2D eigenvalue weighted by Crippen LogP contribution is 2.13. The third-order valence-corrected chi connectivity index (χ3v) is 4.49. The van der Waals surface area contributed by atoms with Gasteiger partial charge in [-0.25, -0.2) is 4.79 Å². The lowest BCUT2D eigenvalue weighted by molar-refractivity contribution is -0.142. The van der Waals surface area contributed by atoms with E-state index in [4.69, 9.17) is 4.74 Å². The summed E-state index contributed by atoms with van der Waals surface area (Å²) in [5.74, 6) is -0.247. The van der Waals surface area contributed by atoms with Crippen LogP contribution < -0.4 is 0 Å². The van der Waals surface area contributed by atoms with Crippen molar-refractivity contribution >= 4 is 12.0 Å². The van der Waals surface area contributed by atoms with Crippen molar-refractivity contribution in [3.63, 3.8) is 0 Å². The molecule has 0 radical (unpaired) electrons. The summed E-state index contributed by atoms with van der Waals surface area (Å²) in [6, 6.07) is 9.82. The number of ether oxygens (including phenoxy) is 1. The van der Waals surface area contributed by atoms with E-state index < -0.39 is 0 Å². The third kappa shape index (κ3) is 12.4. The molecule has 1 aromatic carbocycles. The van der Waals surface area contributed by atoms with E-state index in [1.807, 2.05) is 37.3 Å². The van der Waals surface area contributed by atoms with Crippen molar-refractivity contribution in [2.24, 2.45) is 0 Å². The van der Waals surface area contributed by atoms with Crippen molar-refractivity contribution in [1.82, 2.24) is 0 Å². The van der Waals surface area contributed by atoms with E-state index in [0.29, 0.717) is 0 Å². The van der Waals surface area contributed by atoms with Crippen LogP contribution in [0.1, 0.15) is 90.0 Å². The Hall–Kier alpha value is -1.57. The number of esters is 1. The average Bonchev–Trinajstić information content (AvgIpc) is 2.62. The minimum Gasteiger partial charge on any atom is -0.460 e. The van der Waals surface area contributed by atoms with Crippen LogP contribution in [0.3, 0.4) is 0 Å². The molecule has 2 heteroatoms. The second-order valence-electron chi connectivity index (χ2n) is 6.96. The Morgan fingerprint density at radius 3 is 2.08 bits per heavy atom. The zero-order chi connectivity index (χ0) is 18.2. The number of unbranched alkanes of at least 4 members (excludes halogenated alkanes) is 9. The second-order valence-corrected chi connectivity index (χ2v) is 6.96. The highest BCUT2D eigenvalue weighted by molar-refractivity contribution is 5.87. The van der Waals surface area contributed by atoms with Gasteiger partial charge in [0.15, 0.2) is 0 Å². The first-order valence-corrected chi connectivity index (χ1v) is 10.2. The monoisotopic (exact) mass is 344 g/mol. The Balaban J connectivity index is 1.98. The summed E-state index contributed by atoms with van der Waals surface area (Å²) >= 11 is 0. The van der Waals surface area contributed by atoms with Crippen molar-refractivity contribution in [3.05, 3.63) is 42.0 Å². The summed E-state index contributed by atoms with van der Waals surface area (Å²) in [6.07, 6.45) is 17.6. The molecule has 0 aromatic heterocycles. The van der Waals surface area contributed by atoms with Gasteiger partial charge >= 0.3 is 5.97 Å². The third-order valence-electron chi connectivity index (χ3n) is 4.49. The molecule has 0 aliphatic rings. The maximum atomic E-state index is 11.8. The summed E-state index contributed by atoms with van der Waals surface area (Å²) in [5.41, 5.74) is 1.02. The van der Waals surface area contributed by atoms with Gasteiger partial charge in [0.2, 0.25) is 0 Å². The molecule has 25 heavy (non-hydrogen) atoms. The first-order chi connectivity index (χ1) is 12.2. The van der Waals surface area contributed by atoms with E-state index >= 15 is 0 Å². The highest BCUT2D eigenvalue weighted by atomic mass is 16.5. The molecule has 0 fully saturated rings. The zero-order valence-electron chi connectivity index (χ0n) is 16.2. The quantitative estimate of drug-likeness (QED) is 0.207. The molecule has 1 atom stereocenters. The predicted octanol–water partition coefficient (Wildman–Crippen LogP) is 6.94. The van der Waals surface area contributed by atoms with Gasteiger partial charge < -0.3 is 4.74 Å². The molecule has 1 unspecified atom stereocenters. The Bertz CT molecular complexity index is 464. The number of benzene rings is 1. The molecule has 0 N–H and O–H groups in total. The van der Waals surface area contributed by atoms with Gasteiger partial charge in [-0.2, -0.15) is 0 Å². The molecule has 1 aromatic rings. The Morgan fingerprint density at radius 1 is 0.920 bits per heavy atom. The molecule has 0 saturated carbocycles. The van der Waals surface area contributed by atoms with Crippen LogP contribution in [0.2, 0.25) is 0 Å². The van der Waals surface area contributed by atoms with Crippen molar-refractivity contribution in [1.29, 1.82) is 0 Å². The summed E-state index contributed by atoms with van der Waals surface area (Å²) in [7, 11) is 0. The molecule has 0 heterocycles. The molecule has 2 nitrogen and oxygen atoms in total. The first kappa shape index (κ1) is 21.5. The fourth-order valence-electron chi connectivity index (χ4n) is 2.94. The van der Waals surface area contributed by atoms with Gasteiger partial charge in [-0.3, -0.25) is 0 Å². The van der Waals surface area contributed by atoms with E-state index in [0.717, 1.165) is 18.4 Å². The zero-order valence-corrected chi connectivity index (χ0v) is 16.2. The van der Waals surface area contributed by atoms with Crippen molar-refractivity contribution in [2.45, 2.75) is 90.6 Å². The summed E-state index contributed by atoms with van der Waals surface area (Å²) in [5, 5.41) is 0. The van der Waals surface area contributed by atoms with E-state index in [-0.39, 0.29) is 12.1 Å². The maximum absolute atomic E-state index is 11.8. The molecule has 0 spiro atoms. The van der Waals surface area contributed by atoms with Crippen LogP contribution in [0.15, 0.2) is 36.4 Å². The van der Waals surface area contributed by atoms with Gasteiger partial charge in [-0.05, 0) is 31.4 Å². The lowest BCUT2D eigenvalue weighted by Crippen LogP contribution is -2.12. The molecule has 0 aliphatic heterocycles. The topological polar surface area (TPSA) is 26.3 Å². The van der Waals surface area contributed by atoms with Gasteiger partial charge in [-0.15, -0.1) is 0 Å². The number of carbonyl (C=O) groups excluding carboxylic acids is 1. The minimum atomic E-state index is -0.247. The van der Waals surface area contributed by atoms with Crippen LogP contribution in [0.5, 0.6) is 0 Å². The summed E-state index contributed by atoms with van der Waals surface area (Å²) in [6.45, 7) is 4.25. The standard InChI is InChI=1S/C23H36O2/c1-3-4-5-6-7-8-9-10-11-13-16-21(2)25-23(24)20-19-22-17-14-12-15-18-22/h12,14-15,17-21H,3-11,13,16H2,1-2H3/b20-19+. The molecule has 140 valence electrons. The van der Waals surface area contributed by atoms with Gasteiger partial charge in [0.1, 0.15) is 0 Å². The van der Waals surface area contributed by atoms with Gasteiger partial charge in [0.05, 0.1) is 6.10 Å². The van der Waals surface area contributed by atoms with E-state index in [1.54, 1.807) is 6.08 Å². The molecule has 0 saturated heterocycles. The normalized spacial score (nSPS) is 12.4.